The molecule has 2 N–H and O–H groups in total. The molecule has 0 aliphatic heterocycles. The molecule has 0 aromatic carbocycles. The number of carboxylic acids is 2. The zero-order chi connectivity index (χ0) is 12.9. The highest BCUT2D eigenvalue weighted by molar-refractivity contribution is 6.78. The maximum Gasteiger partial charge on any atom is 0.305 e. The Kier molecular flexibility index (Phi) is 5.91. The van der Waals surface area contributed by atoms with E-state index in [9.17, 15) is 9.59 Å². The summed E-state index contributed by atoms with van der Waals surface area (Å²) in [4.78, 5) is 21.4. The molecule has 0 amide bonds. The average molecular weight is 264 g/mol. The Morgan fingerprint density at radius 1 is 1.31 bits per heavy atom. The smallest absolute Gasteiger partial charge is 0.305 e. The van der Waals surface area contributed by atoms with Crippen LogP contribution in [0.2, 0.25) is 31.7 Å². The van der Waals surface area contributed by atoms with Gasteiger partial charge >= 0.3 is 11.9 Å². The minimum atomic E-state index is -1.86. The van der Waals surface area contributed by atoms with E-state index in [0.29, 0.717) is 0 Å². The highest BCUT2D eigenvalue weighted by Crippen LogP contribution is 2.21. The van der Waals surface area contributed by atoms with Gasteiger partial charge in [-0.3, -0.25) is 9.59 Å². The van der Waals surface area contributed by atoms with Crippen LogP contribution in [0.15, 0.2) is 0 Å². The Balaban J connectivity index is 4.41. The summed E-state index contributed by atoms with van der Waals surface area (Å²) in [6.45, 7) is 7.85. The van der Waals surface area contributed by atoms with E-state index in [-0.39, 0.29) is 12.8 Å². The van der Waals surface area contributed by atoms with Crippen molar-refractivity contribution in [1.29, 1.82) is 0 Å². The molecule has 0 saturated carbocycles. The molecule has 0 radical (unpaired) electrons. The molecule has 0 aromatic rings. The van der Waals surface area contributed by atoms with Gasteiger partial charge in [-0.15, -0.1) is 0 Å². The van der Waals surface area contributed by atoms with Gasteiger partial charge in [-0.1, -0.05) is 0 Å². The van der Waals surface area contributed by atoms with Crippen LogP contribution in [0.4, 0.5) is 0 Å². The second-order valence-corrected chi connectivity index (χ2v) is 12.2. The molecule has 16 heavy (non-hydrogen) atoms. The topological polar surface area (TPSA) is 83.8 Å². The molecule has 0 aliphatic rings. The van der Waals surface area contributed by atoms with Gasteiger partial charge in [0.2, 0.25) is 0 Å². The maximum absolute atomic E-state index is 11.0. The van der Waals surface area contributed by atoms with Gasteiger partial charge in [0.15, 0.2) is 17.4 Å². The van der Waals surface area contributed by atoms with E-state index in [1.165, 1.54) is 0 Å². The van der Waals surface area contributed by atoms with Crippen molar-refractivity contribution in [2.45, 2.75) is 44.6 Å². The molecule has 0 bridgehead atoms. The van der Waals surface area contributed by atoms with Crippen LogP contribution < -0.4 is 0 Å². The third-order valence-electron chi connectivity index (χ3n) is 2.09. The minimum absolute atomic E-state index is 0.108. The molecule has 2 atom stereocenters. The van der Waals surface area contributed by atoms with Gasteiger partial charge in [0.25, 0.3) is 0 Å². The first-order valence-electron chi connectivity index (χ1n) is 5.26. The minimum Gasteiger partial charge on any atom is -0.481 e. The normalized spacial score (nSPS) is 15.5. The Hall–Kier alpha value is -0.666. The first-order chi connectivity index (χ1) is 7.13. The quantitative estimate of drug-likeness (QED) is 0.681. The van der Waals surface area contributed by atoms with Crippen molar-refractivity contribution in [1.82, 2.24) is 0 Å². The van der Waals surface area contributed by atoms with Gasteiger partial charge in [0.05, 0.1) is 5.54 Å². The summed E-state index contributed by atoms with van der Waals surface area (Å²) in [5.74, 6) is -1.89. The number of rotatable bonds is 7. The molecule has 0 spiro atoms. The third-order valence-corrected chi connectivity index (χ3v) is 8.16. The van der Waals surface area contributed by atoms with E-state index in [1.807, 2.05) is 26.2 Å². The van der Waals surface area contributed by atoms with Gasteiger partial charge in [-0.25, -0.2) is 0 Å². The Morgan fingerprint density at radius 3 is 2.12 bits per heavy atom. The molecule has 0 fully saturated rings. The van der Waals surface area contributed by atoms with E-state index in [4.69, 9.17) is 14.3 Å². The van der Waals surface area contributed by atoms with Crippen LogP contribution in [0.1, 0.15) is 12.8 Å². The number of aliphatic carboxylic acids is 2. The Morgan fingerprint density at radius 2 is 1.81 bits per heavy atom. The SMILES string of the molecule is C[SiH](O[Si](C)(C)C)C(CCC(=O)O)C(=O)O. The van der Waals surface area contributed by atoms with Crippen molar-refractivity contribution in [3.63, 3.8) is 0 Å². The van der Waals surface area contributed by atoms with Crippen molar-refractivity contribution in [3.8, 4) is 0 Å². The molecular weight excluding hydrogens is 244 g/mol. The zero-order valence-electron chi connectivity index (χ0n) is 10.2. The second kappa shape index (κ2) is 6.16. The number of hydrogen-bond donors (Lipinski definition) is 2. The first-order valence-corrected chi connectivity index (χ1v) is 11.0. The number of hydrogen-bond acceptors (Lipinski definition) is 3. The molecule has 0 saturated heterocycles. The van der Waals surface area contributed by atoms with E-state index in [1.54, 1.807) is 0 Å². The highest BCUT2D eigenvalue weighted by atomic mass is 28.4. The van der Waals surface area contributed by atoms with E-state index < -0.39 is 34.8 Å². The van der Waals surface area contributed by atoms with Crippen LogP contribution in [0.5, 0.6) is 0 Å². The lowest BCUT2D eigenvalue weighted by molar-refractivity contribution is -0.138. The lowest BCUT2D eigenvalue weighted by atomic mass is 10.2. The Labute approximate surface area is 98.3 Å². The van der Waals surface area contributed by atoms with Crippen LogP contribution in [-0.2, 0) is 13.7 Å². The van der Waals surface area contributed by atoms with E-state index >= 15 is 0 Å². The molecule has 0 aromatic heterocycles. The van der Waals surface area contributed by atoms with Crippen LogP contribution in [-0.4, -0.2) is 39.5 Å². The van der Waals surface area contributed by atoms with Crippen molar-refractivity contribution in [2.75, 3.05) is 0 Å². The van der Waals surface area contributed by atoms with Crippen LogP contribution >= 0.6 is 0 Å². The van der Waals surface area contributed by atoms with E-state index in [0.717, 1.165) is 0 Å². The number of carbonyl (C=O) groups is 2. The van der Waals surface area contributed by atoms with Crippen LogP contribution in [0, 0.1) is 0 Å². The summed E-state index contributed by atoms with van der Waals surface area (Å²) in [6.07, 6.45) is 0.0614. The van der Waals surface area contributed by atoms with Crippen LogP contribution in [0.25, 0.3) is 0 Å². The summed E-state index contributed by atoms with van der Waals surface area (Å²) in [7, 11) is -3.59. The summed E-state index contributed by atoms with van der Waals surface area (Å²) in [6, 6.07) is 0. The monoisotopic (exact) mass is 264 g/mol. The third kappa shape index (κ3) is 6.75. The van der Waals surface area contributed by atoms with Crippen LogP contribution in [0.3, 0.4) is 0 Å². The van der Waals surface area contributed by atoms with Gasteiger partial charge in [0.1, 0.15) is 0 Å². The fourth-order valence-electron chi connectivity index (χ4n) is 1.48. The van der Waals surface area contributed by atoms with Gasteiger partial charge in [-0.2, -0.15) is 0 Å². The van der Waals surface area contributed by atoms with Crippen molar-refractivity contribution < 1.29 is 23.9 Å². The second-order valence-electron chi connectivity index (χ2n) is 4.81. The van der Waals surface area contributed by atoms with E-state index in [2.05, 4.69) is 0 Å². The molecule has 0 rings (SSSR count). The lowest BCUT2D eigenvalue weighted by Crippen LogP contribution is -2.38. The predicted octanol–water partition coefficient (Wildman–Crippen LogP) is 1.51. The van der Waals surface area contributed by atoms with Crippen molar-refractivity contribution >= 4 is 29.3 Å². The molecular formula is C9H20O5Si2. The first kappa shape index (κ1) is 15.3. The fourth-order valence-corrected chi connectivity index (χ4v) is 7.63. The predicted molar refractivity (Wildman–Crippen MR) is 65.7 cm³/mol. The molecule has 0 heterocycles. The molecule has 2 unspecified atom stereocenters. The summed E-state index contributed by atoms with van der Waals surface area (Å²) >= 11 is 0. The van der Waals surface area contributed by atoms with Gasteiger partial charge in [0, 0.05) is 6.42 Å². The molecule has 0 aliphatic carbocycles. The summed E-state index contributed by atoms with van der Waals surface area (Å²) < 4.78 is 5.80. The fraction of sp³-hybridized carbons (Fsp3) is 0.778. The molecule has 5 nitrogen and oxygen atoms in total. The summed E-state index contributed by atoms with van der Waals surface area (Å²) in [5, 5.41) is 17.6. The van der Waals surface area contributed by atoms with Crippen molar-refractivity contribution in [3.05, 3.63) is 0 Å². The highest BCUT2D eigenvalue weighted by Gasteiger charge is 2.31. The molecule has 7 heteroatoms. The molecule has 94 valence electrons. The Bertz CT molecular complexity index is 261. The lowest BCUT2D eigenvalue weighted by Gasteiger charge is -2.26. The largest absolute Gasteiger partial charge is 0.481 e. The zero-order valence-corrected chi connectivity index (χ0v) is 12.3. The maximum atomic E-state index is 11.0. The van der Waals surface area contributed by atoms with Gasteiger partial charge in [-0.05, 0) is 32.6 Å². The summed E-state index contributed by atoms with van der Waals surface area (Å²) in [5.41, 5.74) is -0.608. The van der Waals surface area contributed by atoms with Gasteiger partial charge < -0.3 is 14.3 Å². The number of carboxylic acid groups (broad SMARTS) is 2. The average Bonchev–Trinajstić information content (AvgIpc) is 1.98. The van der Waals surface area contributed by atoms with Crippen molar-refractivity contribution in [2.24, 2.45) is 0 Å². The standard InChI is InChI=1S/C9H20O5Si2/c1-15(14-16(2,3)4)7(9(12)13)5-6-8(10)11/h7,15H,5-6H2,1-4H3,(H,10,11)(H,12,13).